The number of rotatable bonds is 1. The summed E-state index contributed by atoms with van der Waals surface area (Å²) in [7, 11) is 1.29. The van der Waals surface area contributed by atoms with Crippen molar-refractivity contribution in [1.29, 1.82) is 0 Å². The molecule has 0 bridgehead atoms. The van der Waals surface area contributed by atoms with E-state index in [4.69, 9.17) is 5.73 Å². The van der Waals surface area contributed by atoms with Gasteiger partial charge in [0.1, 0.15) is 0 Å². The highest BCUT2D eigenvalue weighted by Crippen LogP contribution is 2.23. The van der Waals surface area contributed by atoms with Crippen LogP contribution in [0.1, 0.15) is 16.2 Å². The van der Waals surface area contributed by atoms with Crippen LogP contribution < -0.4 is 5.73 Å². The fourth-order valence-corrected chi connectivity index (χ4v) is 1.41. The minimum atomic E-state index is -0.526. The van der Waals surface area contributed by atoms with Gasteiger partial charge in [0, 0.05) is 10.2 Å². The summed E-state index contributed by atoms with van der Waals surface area (Å²) in [6.07, 6.45) is 0. The minimum absolute atomic E-state index is 0.148. The van der Waals surface area contributed by atoms with Crippen LogP contribution in [0.15, 0.2) is 10.5 Å². The summed E-state index contributed by atoms with van der Waals surface area (Å²) >= 11 is 3.22. The summed E-state index contributed by atoms with van der Waals surface area (Å²) in [4.78, 5) is 15.1. The van der Waals surface area contributed by atoms with Gasteiger partial charge in [0.2, 0.25) is 0 Å². The number of nitrogens with zero attached hydrogens (tertiary/aromatic N) is 1. The second-order valence-corrected chi connectivity index (χ2v) is 3.35. The number of carbonyl (C=O) groups excluding carboxylic acids is 1. The average molecular weight is 245 g/mol. The molecule has 2 N–H and O–H groups in total. The Hall–Kier alpha value is -1.10. The lowest BCUT2D eigenvalue weighted by molar-refractivity contribution is 0.0595. The molecule has 1 heterocycles. The van der Waals surface area contributed by atoms with E-state index in [1.165, 1.54) is 7.11 Å². The Balaban J connectivity index is 3.28. The summed E-state index contributed by atoms with van der Waals surface area (Å²) in [5.41, 5.74) is 6.78. The van der Waals surface area contributed by atoms with Crippen molar-refractivity contribution in [2.24, 2.45) is 0 Å². The van der Waals surface area contributed by atoms with E-state index in [0.717, 1.165) is 0 Å². The topological polar surface area (TPSA) is 65.2 Å². The number of anilines is 1. The van der Waals surface area contributed by atoms with Crippen molar-refractivity contribution in [3.8, 4) is 0 Å². The molecule has 70 valence electrons. The Bertz CT molecular complexity index is 352. The Morgan fingerprint density at radius 1 is 1.69 bits per heavy atom. The normalized spacial score (nSPS) is 9.77. The molecule has 0 radical (unpaired) electrons. The zero-order valence-electron chi connectivity index (χ0n) is 7.30. The molecule has 1 rings (SSSR count). The Morgan fingerprint density at radius 3 is 2.85 bits per heavy atom. The molecule has 1 aromatic rings. The molecule has 13 heavy (non-hydrogen) atoms. The van der Waals surface area contributed by atoms with E-state index in [9.17, 15) is 4.79 Å². The van der Waals surface area contributed by atoms with Gasteiger partial charge in [0.05, 0.1) is 12.8 Å². The molecular weight excluding hydrogens is 236 g/mol. The number of aromatic nitrogens is 1. The lowest BCUT2D eigenvalue weighted by Crippen LogP contribution is -2.09. The van der Waals surface area contributed by atoms with Gasteiger partial charge in [0.15, 0.2) is 5.69 Å². The molecule has 0 spiro atoms. The van der Waals surface area contributed by atoms with Gasteiger partial charge in [-0.3, -0.25) is 0 Å². The second-order valence-electron chi connectivity index (χ2n) is 2.50. The predicted molar refractivity (Wildman–Crippen MR) is 52.4 cm³/mol. The first-order chi connectivity index (χ1) is 6.06. The van der Waals surface area contributed by atoms with E-state index in [1.807, 2.05) is 0 Å². The SMILES string of the molecule is COC(=O)c1nc(C)cc(Br)c1N. The summed E-state index contributed by atoms with van der Waals surface area (Å²) < 4.78 is 5.18. The Kier molecular flexibility index (Phi) is 2.87. The molecule has 0 aliphatic heterocycles. The first-order valence-corrected chi connectivity index (χ1v) is 4.36. The summed E-state index contributed by atoms with van der Waals surface area (Å²) in [6.45, 7) is 1.77. The molecule has 0 fully saturated rings. The highest BCUT2D eigenvalue weighted by Gasteiger charge is 2.14. The maximum Gasteiger partial charge on any atom is 0.358 e. The standard InChI is InChI=1S/C8H9BrN2O2/c1-4-3-5(9)6(10)7(11-4)8(12)13-2/h3H,10H2,1-2H3. The molecule has 1 aromatic heterocycles. The number of nitrogens with two attached hydrogens (primary N) is 1. The molecule has 0 aliphatic carbocycles. The first-order valence-electron chi connectivity index (χ1n) is 3.57. The van der Waals surface area contributed by atoms with Crippen LogP contribution in [0.2, 0.25) is 0 Å². The quantitative estimate of drug-likeness (QED) is 0.762. The lowest BCUT2D eigenvalue weighted by atomic mass is 10.2. The maximum absolute atomic E-state index is 11.2. The van der Waals surface area contributed by atoms with Crippen molar-refractivity contribution >= 4 is 27.6 Å². The predicted octanol–water partition coefficient (Wildman–Crippen LogP) is 1.52. The fourth-order valence-electron chi connectivity index (χ4n) is 0.895. The number of pyridine rings is 1. The average Bonchev–Trinajstić information content (AvgIpc) is 2.10. The molecule has 0 saturated carbocycles. The van der Waals surface area contributed by atoms with Gasteiger partial charge < -0.3 is 10.5 Å². The van der Waals surface area contributed by atoms with E-state index >= 15 is 0 Å². The lowest BCUT2D eigenvalue weighted by Gasteiger charge is -2.05. The number of esters is 1. The van der Waals surface area contributed by atoms with Gasteiger partial charge in [-0.05, 0) is 28.9 Å². The number of ether oxygens (including phenoxy) is 1. The van der Waals surface area contributed by atoms with Crippen LogP contribution in [0.5, 0.6) is 0 Å². The number of methoxy groups -OCH3 is 1. The number of halogens is 1. The van der Waals surface area contributed by atoms with Crippen LogP contribution in [-0.2, 0) is 4.74 Å². The van der Waals surface area contributed by atoms with Crippen molar-refractivity contribution in [2.45, 2.75) is 6.92 Å². The smallest absolute Gasteiger partial charge is 0.358 e. The van der Waals surface area contributed by atoms with Crippen molar-refractivity contribution in [3.05, 3.63) is 21.9 Å². The molecule has 0 atom stereocenters. The zero-order chi connectivity index (χ0) is 10.0. The zero-order valence-corrected chi connectivity index (χ0v) is 8.88. The van der Waals surface area contributed by atoms with E-state index < -0.39 is 5.97 Å². The number of hydrogen-bond donors (Lipinski definition) is 1. The summed E-state index contributed by atoms with van der Waals surface area (Å²) in [5, 5.41) is 0. The largest absolute Gasteiger partial charge is 0.464 e. The van der Waals surface area contributed by atoms with Crippen LogP contribution in [0.4, 0.5) is 5.69 Å². The third-order valence-electron chi connectivity index (χ3n) is 1.51. The van der Waals surface area contributed by atoms with Crippen molar-refractivity contribution in [1.82, 2.24) is 4.98 Å². The fraction of sp³-hybridized carbons (Fsp3) is 0.250. The molecule has 0 amide bonds. The third kappa shape index (κ3) is 1.98. The van der Waals surface area contributed by atoms with Crippen molar-refractivity contribution in [3.63, 3.8) is 0 Å². The molecule has 4 nitrogen and oxygen atoms in total. The van der Waals surface area contributed by atoms with Gasteiger partial charge in [-0.15, -0.1) is 0 Å². The highest BCUT2D eigenvalue weighted by molar-refractivity contribution is 9.10. The van der Waals surface area contributed by atoms with E-state index in [0.29, 0.717) is 15.9 Å². The first kappa shape index (κ1) is 9.98. The Labute approximate surface area is 84.2 Å². The number of carbonyl (C=O) groups is 1. The molecule has 0 aliphatic rings. The van der Waals surface area contributed by atoms with Gasteiger partial charge in [-0.2, -0.15) is 0 Å². The summed E-state index contributed by atoms with van der Waals surface area (Å²) in [6, 6.07) is 1.74. The summed E-state index contributed by atoms with van der Waals surface area (Å²) in [5.74, 6) is -0.526. The molecule has 0 saturated heterocycles. The van der Waals surface area contributed by atoms with Crippen LogP contribution in [0.3, 0.4) is 0 Å². The monoisotopic (exact) mass is 244 g/mol. The van der Waals surface area contributed by atoms with Crippen LogP contribution >= 0.6 is 15.9 Å². The molecular formula is C8H9BrN2O2. The maximum atomic E-state index is 11.2. The number of nitrogen functional groups attached to an aromatic ring is 1. The van der Waals surface area contributed by atoms with Crippen molar-refractivity contribution < 1.29 is 9.53 Å². The minimum Gasteiger partial charge on any atom is -0.464 e. The van der Waals surface area contributed by atoms with E-state index in [-0.39, 0.29) is 5.69 Å². The third-order valence-corrected chi connectivity index (χ3v) is 2.17. The molecule has 0 unspecified atom stereocenters. The van der Waals surface area contributed by atoms with Gasteiger partial charge in [-0.25, -0.2) is 9.78 Å². The second kappa shape index (κ2) is 3.74. The van der Waals surface area contributed by atoms with Crippen LogP contribution in [-0.4, -0.2) is 18.1 Å². The van der Waals surface area contributed by atoms with E-state index in [1.54, 1.807) is 13.0 Å². The van der Waals surface area contributed by atoms with Gasteiger partial charge in [-0.1, -0.05) is 0 Å². The number of aryl methyl sites for hydroxylation is 1. The van der Waals surface area contributed by atoms with Crippen LogP contribution in [0, 0.1) is 6.92 Å². The molecule has 5 heteroatoms. The highest BCUT2D eigenvalue weighted by atomic mass is 79.9. The van der Waals surface area contributed by atoms with Crippen molar-refractivity contribution in [2.75, 3.05) is 12.8 Å². The van der Waals surface area contributed by atoms with Gasteiger partial charge in [0.25, 0.3) is 0 Å². The van der Waals surface area contributed by atoms with Crippen LogP contribution in [0.25, 0.3) is 0 Å². The number of hydrogen-bond acceptors (Lipinski definition) is 4. The van der Waals surface area contributed by atoms with Gasteiger partial charge >= 0.3 is 5.97 Å². The Morgan fingerprint density at radius 2 is 2.31 bits per heavy atom. The van der Waals surface area contributed by atoms with E-state index in [2.05, 4.69) is 25.7 Å². The molecule has 0 aromatic carbocycles.